The quantitative estimate of drug-likeness (QED) is 0.202. The standard InChI is InChI=1S/C8H16O2Si.6CO.2Co/c1-9-8(10-2)6-7-11(3,4)5;6*1-2;;/h8H,1-5H3;;;;;;;;. The Morgan fingerprint density at radius 1 is 0.640 bits per heavy atom. The van der Waals surface area contributed by atoms with E-state index in [-0.39, 0.29) is 39.8 Å². The second-order valence-electron chi connectivity index (χ2n) is 3.32. The molecule has 25 heavy (non-hydrogen) atoms. The Labute approximate surface area is 170 Å². The van der Waals surface area contributed by atoms with Gasteiger partial charge in [-0.05, 0) is 5.92 Å². The molecule has 0 saturated heterocycles. The third-order valence-electron chi connectivity index (χ3n) is 0.993. The summed E-state index contributed by atoms with van der Waals surface area (Å²) >= 11 is 0. The van der Waals surface area contributed by atoms with Crippen molar-refractivity contribution < 1.29 is 70.9 Å². The van der Waals surface area contributed by atoms with E-state index in [0.29, 0.717) is 0 Å². The molecule has 0 aliphatic rings. The molecule has 0 rings (SSSR count). The maximum atomic E-state index is 7.50. The fourth-order valence-corrected chi connectivity index (χ4v) is 1.04. The van der Waals surface area contributed by atoms with Gasteiger partial charge in [0.1, 0.15) is 8.07 Å². The molecule has 0 fully saturated rings. The molecule has 0 N–H and O–H groups in total. The van der Waals surface area contributed by atoms with Crippen LogP contribution in [0, 0.1) is 51.4 Å². The van der Waals surface area contributed by atoms with Crippen LogP contribution in [-0.2, 0) is 70.9 Å². The van der Waals surface area contributed by atoms with Crippen molar-refractivity contribution in [1.82, 2.24) is 0 Å². The summed E-state index contributed by atoms with van der Waals surface area (Å²) in [4.78, 5) is 0. The van der Waals surface area contributed by atoms with Crippen LogP contribution in [0.15, 0.2) is 0 Å². The fraction of sp³-hybridized carbons (Fsp3) is 0.429. The molecule has 0 bridgehead atoms. The summed E-state index contributed by atoms with van der Waals surface area (Å²) in [5, 5.41) is 0. The summed E-state index contributed by atoms with van der Waals surface area (Å²) in [6.45, 7) is 33.5. The van der Waals surface area contributed by atoms with Gasteiger partial charge in [-0.2, -0.15) is 0 Å². The zero-order chi connectivity index (χ0) is 20.9. The molecule has 2 radical (unpaired) electrons. The molecule has 142 valence electrons. The smallest absolute Gasteiger partial charge is 0 e. The van der Waals surface area contributed by atoms with Crippen molar-refractivity contribution in [2.24, 2.45) is 0 Å². The third-order valence-corrected chi connectivity index (χ3v) is 1.89. The van der Waals surface area contributed by atoms with Gasteiger partial charge in [0.05, 0.1) is 0 Å². The van der Waals surface area contributed by atoms with Crippen LogP contribution >= 0.6 is 0 Å². The monoisotopic (exact) mass is 458 g/mol. The molecule has 11 heteroatoms. The largest absolute Gasteiger partial charge is 0 e. The van der Waals surface area contributed by atoms with Crippen LogP contribution in [0.2, 0.25) is 19.6 Å². The zero-order valence-corrected chi connectivity index (χ0v) is 17.1. The van der Waals surface area contributed by atoms with E-state index in [1.165, 1.54) is 0 Å². The van der Waals surface area contributed by atoms with Crippen LogP contribution in [0.3, 0.4) is 0 Å². The van der Waals surface area contributed by atoms with Gasteiger partial charge in [0.2, 0.25) is 6.29 Å². The molecule has 0 aromatic heterocycles. The van der Waals surface area contributed by atoms with Crippen molar-refractivity contribution in [3.63, 3.8) is 0 Å². The minimum atomic E-state index is -1.27. The van der Waals surface area contributed by atoms with Crippen LogP contribution in [0.25, 0.3) is 0 Å². The predicted molar refractivity (Wildman–Crippen MR) is 72.5 cm³/mol. The van der Waals surface area contributed by atoms with Crippen LogP contribution in [0.5, 0.6) is 0 Å². The first-order valence-corrected chi connectivity index (χ1v) is 8.30. The van der Waals surface area contributed by atoms with E-state index >= 15 is 0 Å². The maximum absolute atomic E-state index is 7.50. The fourth-order valence-electron chi connectivity index (χ4n) is 0.490. The Kier molecular flexibility index (Phi) is 174. The van der Waals surface area contributed by atoms with Crippen LogP contribution < -0.4 is 0 Å². The van der Waals surface area contributed by atoms with Crippen LogP contribution in [0.4, 0.5) is 0 Å². The topological polar surface area (TPSA) is 138 Å². The molecule has 0 unspecified atom stereocenters. The first kappa shape index (κ1) is 56.4. The van der Waals surface area contributed by atoms with E-state index in [1.54, 1.807) is 14.2 Å². The first-order valence-electron chi connectivity index (χ1n) is 4.80. The van der Waals surface area contributed by atoms with Crippen molar-refractivity contribution in [3.8, 4) is 11.5 Å². The number of ether oxygens (including phenoxy) is 2. The molecule has 0 spiro atoms. The van der Waals surface area contributed by atoms with Gasteiger partial charge >= 0.3 is 67.8 Å². The molecule has 0 saturated carbocycles. The van der Waals surface area contributed by atoms with Crippen molar-refractivity contribution in [1.29, 1.82) is 0 Å². The number of rotatable bonds is 2. The first-order chi connectivity index (χ1) is 11.0. The molecule has 0 aromatic rings. The average Bonchev–Trinajstić information content (AvgIpc) is 2.65. The summed E-state index contributed by atoms with van der Waals surface area (Å²) in [7, 11) is 1.91. The molecule has 0 aromatic carbocycles. The Hall–Kier alpha value is -0.850. The molecule has 0 amide bonds. The minimum Gasteiger partial charge on any atom is 0 e. The van der Waals surface area contributed by atoms with Crippen molar-refractivity contribution >= 4 is 8.07 Å². The number of methoxy groups -OCH3 is 2. The second-order valence-corrected chi connectivity index (χ2v) is 8.07. The summed E-state index contributed by atoms with van der Waals surface area (Å²) in [6, 6.07) is 0. The van der Waals surface area contributed by atoms with Gasteiger partial charge in [0.15, 0.2) is 0 Å². The van der Waals surface area contributed by atoms with Gasteiger partial charge in [0.25, 0.3) is 0 Å². The molecule has 0 aliphatic carbocycles. The summed E-state index contributed by atoms with van der Waals surface area (Å²) < 4.78 is 54.8. The van der Waals surface area contributed by atoms with Crippen molar-refractivity contribution in [2.75, 3.05) is 14.2 Å². The molecule has 8 nitrogen and oxygen atoms in total. The van der Waals surface area contributed by atoms with E-state index in [2.05, 4.69) is 71.0 Å². The predicted octanol–water partition coefficient (Wildman–Crippen LogP) is 1.26. The average molecular weight is 458 g/mol. The van der Waals surface area contributed by atoms with E-state index in [1.807, 2.05) is 0 Å². The number of hydrogen-bond acceptors (Lipinski definition) is 2. The van der Waals surface area contributed by atoms with Crippen molar-refractivity contribution in [2.45, 2.75) is 25.9 Å². The van der Waals surface area contributed by atoms with Gasteiger partial charge < -0.3 is 9.47 Å². The molecular weight excluding hydrogens is 442 g/mol. The maximum Gasteiger partial charge on any atom is 0 e. The van der Waals surface area contributed by atoms with Crippen LogP contribution in [0.1, 0.15) is 0 Å². The Bertz CT molecular complexity index is 333. The van der Waals surface area contributed by atoms with Crippen molar-refractivity contribution in [3.05, 3.63) is 39.9 Å². The van der Waals surface area contributed by atoms with Gasteiger partial charge in [-0.15, -0.1) is 5.54 Å². The molecule has 0 atom stereocenters. The van der Waals surface area contributed by atoms with Gasteiger partial charge in [-0.3, -0.25) is 0 Å². The summed E-state index contributed by atoms with van der Waals surface area (Å²) in [5.41, 5.74) is 3.16. The SMILES string of the molecule is COC(C#C[Si](C)(C)C)OC.[C-]#[O+].[C-]#[O+].[C-]#[O+].[C-]#[O+].[C-]#[O+].[C-]#[O+].[Co].[Co]. The third kappa shape index (κ3) is 124. The van der Waals surface area contributed by atoms with E-state index in [4.69, 9.17) is 37.4 Å². The molecular formula is C14H16Co2O8Si. The Morgan fingerprint density at radius 3 is 0.960 bits per heavy atom. The Balaban J connectivity index is -0.0000000223. The second kappa shape index (κ2) is 76.9. The van der Waals surface area contributed by atoms with Gasteiger partial charge in [-0.1, -0.05) is 19.6 Å². The Morgan fingerprint density at radius 2 is 0.840 bits per heavy atom. The van der Waals surface area contributed by atoms with Gasteiger partial charge in [-0.25, -0.2) is 0 Å². The normalized spacial score (nSPS) is 5.36. The molecule has 0 aliphatic heterocycles. The zero-order valence-electron chi connectivity index (χ0n) is 14.0. The van der Waals surface area contributed by atoms with E-state index in [0.717, 1.165) is 0 Å². The van der Waals surface area contributed by atoms with Crippen LogP contribution in [-0.4, -0.2) is 28.6 Å². The summed E-state index contributed by atoms with van der Waals surface area (Å²) in [5.74, 6) is 2.93. The van der Waals surface area contributed by atoms with E-state index in [9.17, 15) is 0 Å². The van der Waals surface area contributed by atoms with E-state index < -0.39 is 8.07 Å². The molecule has 0 heterocycles. The van der Waals surface area contributed by atoms with Gasteiger partial charge in [0, 0.05) is 47.8 Å². The summed E-state index contributed by atoms with van der Waals surface area (Å²) in [6.07, 6.45) is -0.360. The minimum absolute atomic E-state index is 0. The number of hydrogen-bond donors (Lipinski definition) is 0.